The standard InChI is InChI=1S/C16H14N2O/c1-2-7-14(8-3-1)19-12-13-6-4-5-9-15(13)16-17-10-11-18-16/h1-11H,12H2,(H,17,18). The fraction of sp³-hybridized carbons (Fsp3) is 0.0625. The summed E-state index contributed by atoms with van der Waals surface area (Å²) >= 11 is 0. The van der Waals surface area contributed by atoms with Crippen molar-refractivity contribution >= 4 is 0 Å². The lowest BCUT2D eigenvalue weighted by atomic mass is 10.1. The van der Waals surface area contributed by atoms with Crippen LogP contribution in [-0.2, 0) is 6.61 Å². The van der Waals surface area contributed by atoms with Crippen LogP contribution in [0, 0.1) is 0 Å². The van der Waals surface area contributed by atoms with E-state index >= 15 is 0 Å². The van der Waals surface area contributed by atoms with Gasteiger partial charge in [0.2, 0.25) is 0 Å². The van der Waals surface area contributed by atoms with Crippen molar-refractivity contribution in [2.75, 3.05) is 0 Å². The maximum absolute atomic E-state index is 5.79. The Hall–Kier alpha value is -2.55. The molecule has 94 valence electrons. The first kappa shape index (κ1) is 11.5. The number of H-pyrrole nitrogens is 1. The van der Waals surface area contributed by atoms with Gasteiger partial charge in [0, 0.05) is 23.5 Å². The highest BCUT2D eigenvalue weighted by Crippen LogP contribution is 2.21. The molecule has 3 nitrogen and oxygen atoms in total. The Morgan fingerprint density at radius 3 is 2.53 bits per heavy atom. The minimum Gasteiger partial charge on any atom is -0.489 e. The number of nitrogens with one attached hydrogen (secondary N) is 1. The van der Waals surface area contributed by atoms with Gasteiger partial charge in [0.05, 0.1) is 0 Å². The zero-order valence-corrected chi connectivity index (χ0v) is 10.4. The lowest BCUT2D eigenvalue weighted by molar-refractivity contribution is 0.306. The summed E-state index contributed by atoms with van der Waals surface area (Å²) < 4.78 is 5.79. The Bertz CT molecular complexity index is 633. The smallest absolute Gasteiger partial charge is 0.137 e. The average molecular weight is 250 g/mol. The summed E-state index contributed by atoms with van der Waals surface area (Å²) in [7, 11) is 0. The van der Waals surface area contributed by atoms with Gasteiger partial charge in [0.1, 0.15) is 18.2 Å². The van der Waals surface area contributed by atoms with E-state index in [0.717, 1.165) is 22.7 Å². The van der Waals surface area contributed by atoms with E-state index < -0.39 is 0 Å². The second kappa shape index (κ2) is 5.40. The molecule has 0 radical (unpaired) electrons. The molecule has 0 fully saturated rings. The summed E-state index contributed by atoms with van der Waals surface area (Å²) in [6.07, 6.45) is 3.58. The number of para-hydroxylation sites is 1. The number of imidazole rings is 1. The lowest BCUT2D eigenvalue weighted by Crippen LogP contribution is -1.98. The maximum atomic E-state index is 5.79. The second-order valence-electron chi connectivity index (χ2n) is 4.20. The van der Waals surface area contributed by atoms with E-state index in [2.05, 4.69) is 16.0 Å². The van der Waals surface area contributed by atoms with E-state index in [9.17, 15) is 0 Å². The number of rotatable bonds is 4. The van der Waals surface area contributed by atoms with Gasteiger partial charge in [-0.05, 0) is 12.1 Å². The summed E-state index contributed by atoms with van der Waals surface area (Å²) in [6, 6.07) is 17.9. The first-order valence-corrected chi connectivity index (χ1v) is 6.19. The minimum absolute atomic E-state index is 0.529. The lowest BCUT2D eigenvalue weighted by Gasteiger charge is -2.09. The molecule has 0 unspecified atom stereocenters. The molecular formula is C16H14N2O. The van der Waals surface area contributed by atoms with E-state index in [1.54, 1.807) is 6.20 Å². The van der Waals surface area contributed by atoms with Gasteiger partial charge in [-0.15, -0.1) is 0 Å². The number of ether oxygens (including phenoxy) is 1. The van der Waals surface area contributed by atoms with E-state index in [1.165, 1.54) is 0 Å². The fourth-order valence-electron chi connectivity index (χ4n) is 1.97. The molecule has 3 heteroatoms. The van der Waals surface area contributed by atoms with Crippen LogP contribution < -0.4 is 4.74 Å². The molecule has 0 aliphatic rings. The highest BCUT2D eigenvalue weighted by Gasteiger charge is 2.06. The van der Waals surface area contributed by atoms with Crippen LogP contribution in [0.2, 0.25) is 0 Å². The van der Waals surface area contributed by atoms with Gasteiger partial charge in [-0.1, -0.05) is 42.5 Å². The normalized spacial score (nSPS) is 10.3. The predicted molar refractivity (Wildman–Crippen MR) is 74.8 cm³/mol. The molecule has 1 heterocycles. The van der Waals surface area contributed by atoms with Crippen molar-refractivity contribution < 1.29 is 4.74 Å². The Morgan fingerprint density at radius 2 is 1.74 bits per heavy atom. The Labute approximate surface area is 111 Å². The molecule has 1 N–H and O–H groups in total. The van der Waals surface area contributed by atoms with E-state index in [0.29, 0.717) is 6.61 Å². The first-order valence-electron chi connectivity index (χ1n) is 6.19. The molecule has 2 aromatic carbocycles. The SMILES string of the molecule is c1ccc(OCc2ccccc2-c2ncc[nH]2)cc1. The minimum atomic E-state index is 0.529. The monoisotopic (exact) mass is 250 g/mol. The van der Waals surface area contributed by atoms with Crippen LogP contribution in [0.25, 0.3) is 11.4 Å². The van der Waals surface area contributed by atoms with Crippen molar-refractivity contribution in [2.24, 2.45) is 0 Å². The molecular weight excluding hydrogens is 236 g/mol. The van der Waals surface area contributed by atoms with Crippen LogP contribution in [0.3, 0.4) is 0 Å². The van der Waals surface area contributed by atoms with Crippen LogP contribution in [0.5, 0.6) is 5.75 Å². The summed E-state index contributed by atoms with van der Waals surface area (Å²) in [6.45, 7) is 0.529. The Morgan fingerprint density at radius 1 is 0.947 bits per heavy atom. The molecule has 1 aromatic heterocycles. The second-order valence-corrected chi connectivity index (χ2v) is 4.20. The molecule has 0 aliphatic carbocycles. The number of aromatic nitrogens is 2. The number of aromatic amines is 1. The number of hydrogen-bond donors (Lipinski definition) is 1. The van der Waals surface area contributed by atoms with Crippen LogP contribution in [-0.4, -0.2) is 9.97 Å². The quantitative estimate of drug-likeness (QED) is 0.767. The summed E-state index contributed by atoms with van der Waals surface area (Å²) in [4.78, 5) is 7.42. The maximum Gasteiger partial charge on any atom is 0.137 e. The van der Waals surface area contributed by atoms with Gasteiger partial charge >= 0.3 is 0 Å². The topological polar surface area (TPSA) is 37.9 Å². The van der Waals surface area contributed by atoms with Crippen molar-refractivity contribution in [1.82, 2.24) is 9.97 Å². The summed E-state index contributed by atoms with van der Waals surface area (Å²) in [5.41, 5.74) is 2.18. The Balaban J connectivity index is 1.82. The Kier molecular flexibility index (Phi) is 3.28. The van der Waals surface area contributed by atoms with Crippen molar-refractivity contribution in [1.29, 1.82) is 0 Å². The number of benzene rings is 2. The number of nitrogens with zero attached hydrogens (tertiary/aromatic N) is 1. The number of hydrogen-bond acceptors (Lipinski definition) is 2. The molecule has 19 heavy (non-hydrogen) atoms. The summed E-state index contributed by atoms with van der Waals surface area (Å²) in [5.74, 6) is 1.74. The van der Waals surface area contributed by atoms with Crippen molar-refractivity contribution in [3.63, 3.8) is 0 Å². The molecule has 0 saturated carbocycles. The fourth-order valence-corrected chi connectivity index (χ4v) is 1.97. The largest absolute Gasteiger partial charge is 0.489 e. The first-order chi connectivity index (χ1) is 9.43. The molecule has 0 amide bonds. The molecule has 0 saturated heterocycles. The molecule has 0 atom stereocenters. The van der Waals surface area contributed by atoms with E-state index in [-0.39, 0.29) is 0 Å². The third-order valence-corrected chi connectivity index (χ3v) is 2.91. The third-order valence-electron chi connectivity index (χ3n) is 2.91. The van der Waals surface area contributed by atoms with Crippen LogP contribution in [0.4, 0.5) is 0 Å². The summed E-state index contributed by atoms with van der Waals surface area (Å²) in [5, 5.41) is 0. The van der Waals surface area contributed by atoms with Crippen molar-refractivity contribution in [3.8, 4) is 17.1 Å². The molecule has 0 bridgehead atoms. The molecule has 3 rings (SSSR count). The average Bonchev–Trinajstić information content (AvgIpc) is 3.01. The van der Waals surface area contributed by atoms with Gasteiger partial charge in [-0.3, -0.25) is 0 Å². The van der Waals surface area contributed by atoms with Crippen molar-refractivity contribution in [2.45, 2.75) is 6.61 Å². The molecule has 0 spiro atoms. The van der Waals surface area contributed by atoms with Gasteiger partial charge < -0.3 is 9.72 Å². The van der Waals surface area contributed by atoms with Gasteiger partial charge in [0.15, 0.2) is 0 Å². The highest BCUT2D eigenvalue weighted by atomic mass is 16.5. The van der Waals surface area contributed by atoms with Crippen molar-refractivity contribution in [3.05, 3.63) is 72.6 Å². The van der Waals surface area contributed by atoms with Gasteiger partial charge in [-0.25, -0.2) is 4.98 Å². The third kappa shape index (κ3) is 2.65. The highest BCUT2D eigenvalue weighted by molar-refractivity contribution is 5.59. The van der Waals surface area contributed by atoms with Crippen LogP contribution >= 0.6 is 0 Å². The zero-order valence-electron chi connectivity index (χ0n) is 10.4. The van der Waals surface area contributed by atoms with Gasteiger partial charge in [-0.2, -0.15) is 0 Å². The van der Waals surface area contributed by atoms with Crippen LogP contribution in [0.15, 0.2) is 67.0 Å². The molecule has 0 aliphatic heterocycles. The zero-order chi connectivity index (χ0) is 12.9. The van der Waals surface area contributed by atoms with E-state index in [1.807, 2.05) is 54.7 Å². The molecule has 3 aromatic rings. The predicted octanol–water partition coefficient (Wildman–Crippen LogP) is 3.66. The van der Waals surface area contributed by atoms with E-state index in [4.69, 9.17) is 4.74 Å². The van der Waals surface area contributed by atoms with Gasteiger partial charge in [0.25, 0.3) is 0 Å². The van der Waals surface area contributed by atoms with Crippen LogP contribution in [0.1, 0.15) is 5.56 Å².